The number of rotatable bonds is 8. The van der Waals surface area contributed by atoms with E-state index in [9.17, 15) is 0 Å². The molecule has 1 unspecified atom stereocenters. The summed E-state index contributed by atoms with van der Waals surface area (Å²) in [5.74, 6) is 0. The van der Waals surface area contributed by atoms with Crippen LogP contribution in [0.3, 0.4) is 0 Å². The summed E-state index contributed by atoms with van der Waals surface area (Å²) in [6.45, 7) is 6.96. The van der Waals surface area contributed by atoms with Crippen LogP contribution < -0.4 is 5.73 Å². The summed E-state index contributed by atoms with van der Waals surface area (Å²) in [5, 5.41) is 0. The van der Waals surface area contributed by atoms with Crippen molar-refractivity contribution in [3.05, 3.63) is 0 Å². The Balaban J connectivity index is 3.02. The topological polar surface area (TPSA) is 44.5 Å². The predicted molar refractivity (Wildman–Crippen MR) is 50.2 cm³/mol. The van der Waals surface area contributed by atoms with Gasteiger partial charge in [-0.15, -0.1) is 0 Å². The molecule has 0 spiro atoms. The summed E-state index contributed by atoms with van der Waals surface area (Å²) in [6.07, 6.45) is 2.40. The Bertz CT molecular complexity index is 88.6. The highest BCUT2D eigenvalue weighted by atomic mass is 16.5. The van der Waals surface area contributed by atoms with Crippen LogP contribution >= 0.6 is 0 Å². The monoisotopic (exact) mass is 175 g/mol. The van der Waals surface area contributed by atoms with Crippen molar-refractivity contribution in [2.75, 3.05) is 26.4 Å². The lowest BCUT2D eigenvalue weighted by atomic mass is 10.2. The second-order valence-corrected chi connectivity index (χ2v) is 2.81. The molecule has 0 fully saturated rings. The van der Waals surface area contributed by atoms with Crippen LogP contribution in [0.25, 0.3) is 0 Å². The van der Waals surface area contributed by atoms with Crippen molar-refractivity contribution >= 4 is 0 Å². The summed E-state index contributed by atoms with van der Waals surface area (Å²) < 4.78 is 10.6. The minimum atomic E-state index is 0.314. The van der Waals surface area contributed by atoms with Crippen LogP contribution in [0.1, 0.15) is 26.7 Å². The minimum absolute atomic E-state index is 0.314. The Morgan fingerprint density at radius 1 is 1.33 bits per heavy atom. The van der Waals surface area contributed by atoms with Crippen LogP contribution in [-0.4, -0.2) is 32.5 Å². The fourth-order valence-corrected chi connectivity index (χ4v) is 0.941. The normalized spacial score (nSPS) is 13.2. The molecule has 0 rings (SSSR count). The SMILES string of the molecule is CCOCCOC(C)CCCN. The van der Waals surface area contributed by atoms with Gasteiger partial charge in [0.05, 0.1) is 19.3 Å². The van der Waals surface area contributed by atoms with Gasteiger partial charge in [-0.3, -0.25) is 0 Å². The van der Waals surface area contributed by atoms with Crippen molar-refractivity contribution in [3.8, 4) is 0 Å². The van der Waals surface area contributed by atoms with E-state index in [2.05, 4.69) is 6.92 Å². The van der Waals surface area contributed by atoms with Gasteiger partial charge in [0.2, 0.25) is 0 Å². The molecule has 0 bridgehead atoms. The van der Waals surface area contributed by atoms with Gasteiger partial charge in [0.1, 0.15) is 0 Å². The number of hydrogen-bond donors (Lipinski definition) is 1. The first kappa shape index (κ1) is 11.9. The lowest BCUT2D eigenvalue weighted by Gasteiger charge is -2.11. The highest BCUT2D eigenvalue weighted by molar-refractivity contribution is 4.50. The van der Waals surface area contributed by atoms with Crippen molar-refractivity contribution in [3.63, 3.8) is 0 Å². The van der Waals surface area contributed by atoms with Crippen molar-refractivity contribution in [2.24, 2.45) is 5.73 Å². The second-order valence-electron chi connectivity index (χ2n) is 2.81. The van der Waals surface area contributed by atoms with Gasteiger partial charge in [0, 0.05) is 6.61 Å². The van der Waals surface area contributed by atoms with Crippen molar-refractivity contribution < 1.29 is 9.47 Å². The molecule has 0 aliphatic carbocycles. The average molecular weight is 175 g/mol. The third-order valence-electron chi connectivity index (χ3n) is 1.65. The largest absolute Gasteiger partial charge is 0.379 e. The van der Waals surface area contributed by atoms with E-state index in [0.29, 0.717) is 19.3 Å². The Hall–Kier alpha value is -0.120. The molecule has 0 heterocycles. The Labute approximate surface area is 75.2 Å². The standard InChI is InChI=1S/C9H21NO2/c1-3-11-7-8-12-9(2)5-4-6-10/h9H,3-8,10H2,1-2H3. The predicted octanol–water partition coefficient (Wildman–Crippen LogP) is 1.17. The maximum absolute atomic E-state index is 5.47. The quantitative estimate of drug-likeness (QED) is 0.563. The molecule has 0 radical (unpaired) electrons. The van der Waals surface area contributed by atoms with Gasteiger partial charge < -0.3 is 15.2 Å². The van der Waals surface area contributed by atoms with Gasteiger partial charge in [-0.25, -0.2) is 0 Å². The minimum Gasteiger partial charge on any atom is -0.379 e. The van der Waals surface area contributed by atoms with Crippen molar-refractivity contribution in [2.45, 2.75) is 32.8 Å². The summed E-state index contributed by atoms with van der Waals surface area (Å²) >= 11 is 0. The number of nitrogens with two attached hydrogens (primary N) is 1. The molecule has 2 N–H and O–H groups in total. The zero-order chi connectivity index (χ0) is 9.23. The molecular formula is C9H21NO2. The average Bonchev–Trinajstić information content (AvgIpc) is 2.09. The summed E-state index contributed by atoms with van der Waals surface area (Å²) in [7, 11) is 0. The van der Waals surface area contributed by atoms with Crippen molar-refractivity contribution in [1.29, 1.82) is 0 Å². The smallest absolute Gasteiger partial charge is 0.0704 e. The van der Waals surface area contributed by atoms with E-state index < -0.39 is 0 Å². The molecule has 1 atom stereocenters. The summed E-state index contributed by atoms with van der Waals surface area (Å²) in [4.78, 5) is 0. The van der Waals surface area contributed by atoms with E-state index in [1.807, 2.05) is 6.92 Å². The Morgan fingerprint density at radius 2 is 2.08 bits per heavy atom. The first-order valence-corrected chi connectivity index (χ1v) is 4.70. The summed E-state index contributed by atoms with van der Waals surface area (Å²) in [6, 6.07) is 0. The molecule has 0 aliphatic heterocycles. The van der Waals surface area contributed by atoms with Gasteiger partial charge in [-0.05, 0) is 33.2 Å². The molecule has 0 aromatic heterocycles. The maximum atomic E-state index is 5.47. The van der Waals surface area contributed by atoms with E-state index in [4.69, 9.17) is 15.2 Å². The van der Waals surface area contributed by atoms with Crippen LogP contribution in [-0.2, 0) is 9.47 Å². The lowest BCUT2D eigenvalue weighted by molar-refractivity contribution is 0.0117. The molecule has 0 saturated carbocycles. The molecule has 3 heteroatoms. The zero-order valence-electron chi connectivity index (χ0n) is 8.21. The highest BCUT2D eigenvalue weighted by Gasteiger charge is 1.99. The van der Waals surface area contributed by atoms with E-state index in [-0.39, 0.29) is 0 Å². The van der Waals surface area contributed by atoms with Crippen LogP contribution in [0, 0.1) is 0 Å². The molecule has 0 aliphatic rings. The van der Waals surface area contributed by atoms with E-state index >= 15 is 0 Å². The molecule has 74 valence electrons. The Morgan fingerprint density at radius 3 is 2.67 bits per heavy atom. The molecule has 0 aromatic rings. The van der Waals surface area contributed by atoms with E-state index in [1.165, 1.54) is 0 Å². The molecule has 0 saturated heterocycles. The second kappa shape index (κ2) is 8.97. The lowest BCUT2D eigenvalue weighted by Crippen LogP contribution is -2.14. The zero-order valence-corrected chi connectivity index (χ0v) is 8.21. The Kier molecular flexibility index (Phi) is 8.88. The first-order valence-electron chi connectivity index (χ1n) is 4.70. The van der Waals surface area contributed by atoms with E-state index in [0.717, 1.165) is 26.0 Å². The highest BCUT2D eigenvalue weighted by Crippen LogP contribution is 1.99. The molecule has 0 aromatic carbocycles. The van der Waals surface area contributed by atoms with Gasteiger partial charge in [-0.1, -0.05) is 0 Å². The molecular weight excluding hydrogens is 154 g/mol. The van der Waals surface area contributed by atoms with Gasteiger partial charge in [0.25, 0.3) is 0 Å². The van der Waals surface area contributed by atoms with E-state index in [1.54, 1.807) is 0 Å². The maximum Gasteiger partial charge on any atom is 0.0704 e. The fourth-order valence-electron chi connectivity index (χ4n) is 0.941. The number of ether oxygens (including phenoxy) is 2. The van der Waals surface area contributed by atoms with Crippen LogP contribution in [0.15, 0.2) is 0 Å². The summed E-state index contributed by atoms with van der Waals surface area (Å²) in [5.41, 5.74) is 5.37. The number of hydrogen-bond acceptors (Lipinski definition) is 3. The van der Waals surface area contributed by atoms with Gasteiger partial charge >= 0.3 is 0 Å². The molecule has 3 nitrogen and oxygen atoms in total. The van der Waals surface area contributed by atoms with Crippen LogP contribution in [0.4, 0.5) is 0 Å². The third kappa shape index (κ3) is 7.98. The van der Waals surface area contributed by atoms with Crippen LogP contribution in [0.5, 0.6) is 0 Å². The van der Waals surface area contributed by atoms with Crippen LogP contribution in [0.2, 0.25) is 0 Å². The molecule has 0 amide bonds. The van der Waals surface area contributed by atoms with Gasteiger partial charge in [0.15, 0.2) is 0 Å². The third-order valence-corrected chi connectivity index (χ3v) is 1.65. The molecule has 12 heavy (non-hydrogen) atoms. The van der Waals surface area contributed by atoms with Gasteiger partial charge in [-0.2, -0.15) is 0 Å². The van der Waals surface area contributed by atoms with Crippen molar-refractivity contribution in [1.82, 2.24) is 0 Å². The first-order chi connectivity index (χ1) is 5.81. The fraction of sp³-hybridized carbons (Fsp3) is 1.00.